The van der Waals surface area contributed by atoms with Crippen molar-refractivity contribution in [2.75, 3.05) is 6.54 Å². The first-order chi connectivity index (χ1) is 8.10. The van der Waals surface area contributed by atoms with Crippen molar-refractivity contribution in [3.63, 3.8) is 0 Å². The smallest absolute Gasteiger partial charge is 0.0942 e. The number of hydrogen-bond donors (Lipinski definition) is 2. The van der Waals surface area contributed by atoms with Crippen molar-refractivity contribution in [3.05, 3.63) is 34.3 Å². The summed E-state index contributed by atoms with van der Waals surface area (Å²) in [7, 11) is 0. The van der Waals surface area contributed by atoms with Crippen LogP contribution in [0.4, 0.5) is 0 Å². The summed E-state index contributed by atoms with van der Waals surface area (Å²) in [6, 6.07) is 5.82. The van der Waals surface area contributed by atoms with Crippen LogP contribution in [0.3, 0.4) is 0 Å². The molecule has 0 saturated carbocycles. The van der Waals surface area contributed by atoms with Crippen LogP contribution >= 0.6 is 11.6 Å². The lowest BCUT2D eigenvalue weighted by Gasteiger charge is -2.23. The normalized spacial score (nSPS) is 14.6. The van der Waals surface area contributed by atoms with Gasteiger partial charge in [-0.2, -0.15) is 0 Å². The number of aliphatic hydroxyl groups is 1. The zero-order chi connectivity index (χ0) is 12.8. The monoisotopic (exact) mass is 255 g/mol. The van der Waals surface area contributed by atoms with E-state index in [9.17, 15) is 5.11 Å². The largest absolute Gasteiger partial charge is 0.387 e. The van der Waals surface area contributed by atoms with Gasteiger partial charge in [-0.1, -0.05) is 37.6 Å². The van der Waals surface area contributed by atoms with Crippen LogP contribution in [0, 0.1) is 6.92 Å². The molecule has 0 aliphatic heterocycles. The van der Waals surface area contributed by atoms with E-state index in [1.165, 1.54) is 0 Å². The van der Waals surface area contributed by atoms with Crippen molar-refractivity contribution in [2.45, 2.75) is 45.8 Å². The van der Waals surface area contributed by atoms with E-state index >= 15 is 0 Å². The van der Waals surface area contributed by atoms with Crippen LogP contribution in [0.15, 0.2) is 18.2 Å². The van der Waals surface area contributed by atoms with Crippen molar-refractivity contribution in [1.82, 2.24) is 5.32 Å². The average Bonchev–Trinajstić information content (AvgIpc) is 2.33. The molecule has 96 valence electrons. The summed E-state index contributed by atoms with van der Waals surface area (Å²) >= 11 is 5.99. The number of aliphatic hydroxyl groups excluding tert-OH is 1. The van der Waals surface area contributed by atoms with Crippen LogP contribution in [0.5, 0.6) is 0 Å². The Morgan fingerprint density at radius 2 is 2.06 bits per heavy atom. The number of hydrogen-bond acceptors (Lipinski definition) is 2. The topological polar surface area (TPSA) is 32.3 Å². The van der Waals surface area contributed by atoms with Crippen molar-refractivity contribution < 1.29 is 5.11 Å². The average molecular weight is 256 g/mol. The first-order valence-corrected chi connectivity index (χ1v) is 6.65. The van der Waals surface area contributed by atoms with Gasteiger partial charge in [0.25, 0.3) is 0 Å². The van der Waals surface area contributed by atoms with Gasteiger partial charge in [0.1, 0.15) is 0 Å². The molecule has 0 aromatic heterocycles. The van der Waals surface area contributed by atoms with E-state index in [1.807, 2.05) is 25.1 Å². The third-order valence-electron chi connectivity index (χ3n) is 3.00. The second-order valence-corrected chi connectivity index (χ2v) is 4.83. The van der Waals surface area contributed by atoms with E-state index in [2.05, 4.69) is 19.2 Å². The highest BCUT2D eigenvalue weighted by Crippen LogP contribution is 2.23. The summed E-state index contributed by atoms with van der Waals surface area (Å²) in [4.78, 5) is 0. The van der Waals surface area contributed by atoms with Crippen molar-refractivity contribution in [2.24, 2.45) is 0 Å². The highest BCUT2D eigenvalue weighted by atomic mass is 35.5. The molecule has 0 spiro atoms. The lowest BCUT2D eigenvalue weighted by molar-refractivity contribution is 0.126. The first-order valence-electron chi connectivity index (χ1n) is 6.27. The number of halogens is 1. The van der Waals surface area contributed by atoms with Crippen molar-refractivity contribution in [1.29, 1.82) is 0 Å². The quantitative estimate of drug-likeness (QED) is 0.816. The molecule has 1 rings (SSSR count). The van der Waals surface area contributed by atoms with Gasteiger partial charge >= 0.3 is 0 Å². The zero-order valence-electron chi connectivity index (χ0n) is 10.8. The predicted molar refractivity (Wildman–Crippen MR) is 73.5 cm³/mol. The molecule has 2 atom stereocenters. The lowest BCUT2D eigenvalue weighted by Crippen LogP contribution is -2.34. The van der Waals surface area contributed by atoms with Gasteiger partial charge in [0.05, 0.1) is 6.10 Å². The Bertz CT molecular complexity index is 354. The molecule has 1 aromatic rings. The maximum absolute atomic E-state index is 10.3. The van der Waals surface area contributed by atoms with Crippen molar-refractivity contribution >= 4 is 11.6 Å². The van der Waals surface area contributed by atoms with E-state index in [0.717, 1.165) is 35.5 Å². The minimum absolute atomic E-state index is 0.107. The standard InChI is InChI=1S/C14H22ClNO/c1-4-8-16-13(5-2)14(17)11-6-7-12(15)10(3)9-11/h6-7,9,13-14,16-17H,4-5,8H2,1-3H3. The molecule has 0 heterocycles. The maximum Gasteiger partial charge on any atom is 0.0942 e. The van der Waals surface area contributed by atoms with Gasteiger partial charge in [-0.15, -0.1) is 0 Å². The highest BCUT2D eigenvalue weighted by molar-refractivity contribution is 6.31. The molecule has 0 amide bonds. The van der Waals surface area contributed by atoms with E-state index in [-0.39, 0.29) is 6.04 Å². The molecule has 1 aromatic carbocycles. The van der Waals surface area contributed by atoms with Gasteiger partial charge in [0, 0.05) is 11.1 Å². The Balaban J connectivity index is 2.78. The Kier molecular flexibility index (Phi) is 5.96. The van der Waals surface area contributed by atoms with E-state index in [4.69, 9.17) is 11.6 Å². The molecule has 17 heavy (non-hydrogen) atoms. The Morgan fingerprint density at radius 3 is 2.59 bits per heavy atom. The third kappa shape index (κ3) is 3.98. The molecule has 0 bridgehead atoms. The number of aryl methyl sites for hydroxylation is 1. The Hall–Kier alpha value is -0.570. The maximum atomic E-state index is 10.3. The Labute approximate surface area is 109 Å². The highest BCUT2D eigenvalue weighted by Gasteiger charge is 2.18. The second kappa shape index (κ2) is 7.00. The van der Waals surface area contributed by atoms with Gasteiger partial charge in [-0.05, 0) is 43.5 Å². The summed E-state index contributed by atoms with van der Waals surface area (Å²) in [5.41, 5.74) is 1.94. The molecular weight excluding hydrogens is 234 g/mol. The summed E-state index contributed by atoms with van der Waals surface area (Å²) in [5.74, 6) is 0. The fourth-order valence-electron chi connectivity index (χ4n) is 1.89. The van der Waals surface area contributed by atoms with Gasteiger partial charge in [0.15, 0.2) is 0 Å². The molecule has 2 nitrogen and oxygen atoms in total. The van der Waals surface area contributed by atoms with Gasteiger partial charge in [-0.25, -0.2) is 0 Å². The predicted octanol–water partition coefficient (Wildman–Crippen LogP) is 3.46. The number of rotatable bonds is 6. The SMILES string of the molecule is CCCNC(CC)C(O)c1ccc(Cl)c(C)c1. The van der Waals surface area contributed by atoms with E-state index in [1.54, 1.807) is 0 Å². The fraction of sp³-hybridized carbons (Fsp3) is 0.571. The van der Waals surface area contributed by atoms with E-state index in [0.29, 0.717) is 0 Å². The van der Waals surface area contributed by atoms with Crippen LogP contribution in [-0.4, -0.2) is 17.7 Å². The molecule has 0 aliphatic rings. The fourth-order valence-corrected chi connectivity index (χ4v) is 2.01. The lowest BCUT2D eigenvalue weighted by atomic mass is 9.98. The Morgan fingerprint density at radius 1 is 1.35 bits per heavy atom. The van der Waals surface area contributed by atoms with Gasteiger partial charge < -0.3 is 10.4 Å². The minimum atomic E-state index is -0.470. The van der Waals surface area contributed by atoms with Crippen LogP contribution in [0.2, 0.25) is 5.02 Å². The third-order valence-corrected chi connectivity index (χ3v) is 3.43. The number of nitrogens with one attached hydrogen (secondary N) is 1. The second-order valence-electron chi connectivity index (χ2n) is 4.42. The van der Waals surface area contributed by atoms with E-state index < -0.39 is 6.10 Å². The number of benzene rings is 1. The minimum Gasteiger partial charge on any atom is -0.387 e. The van der Waals surface area contributed by atoms with Gasteiger partial charge in [-0.3, -0.25) is 0 Å². The molecule has 2 N–H and O–H groups in total. The molecule has 0 radical (unpaired) electrons. The van der Waals surface area contributed by atoms with Crippen LogP contribution in [0.25, 0.3) is 0 Å². The summed E-state index contributed by atoms with van der Waals surface area (Å²) in [6.45, 7) is 7.10. The summed E-state index contributed by atoms with van der Waals surface area (Å²) < 4.78 is 0. The summed E-state index contributed by atoms with van der Waals surface area (Å²) in [5, 5.41) is 14.4. The molecular formula is C14H22ClNO. The van der Waals surface area contributed by atoms with Gasteiger partial charge in [0.2, 0.25) is 0 Å². The van der Waals surface area contributed by atoms with Crippen LogP contribution in [0.1, 0.15) is 43.9 Å². The molecule has 0 saturated heterocycles. The van der Waals surface area contributed by atoms with Crippen LogP contribution < -0.4 is 5.32 Å². The first kappa shape index (κ1) is 14.5. The molecule has 0 fully saturated rings. The zero-order valence-corrected chi connectivity index (χ0v) is 11.6. The van der Waals surface area contributed by atoms with Crippen LogP contribution in [-0.2, 0) is 0 Å². The molecule has 0 aliphatic carbocycles. The summed E-state index contributed by atoms with van der Waals surface area (Å²) in [6.07, 6.45) is 1.51. The molecule has 2 unspecified atom stereocenters. The van der Waals surface area contributed by atoms with Crippen molar-refractivity contribution in [3.8, 4) is 0 Å². The molecule has 3 heteroatoms.